The zero-order valence-corrected chi connectivity index (χ0v) is 10.5. The summed E-state index contributed by atoms with van der Waals surface area (Å²) in [6.07, 6.45) is 0.252. The maximum absolute atomic E-state index is 11.6. The summed E-state index contributed by atoms with van der Waals surface area (Å²) in [7, 11) is 1.59. The number of hydrogen-bond acceptors (Lipinski definition) is 3. The van der Waals surface area contributed by atoms with Gasteiger partial charge in [-0.1, -0.05) is 32.0 Å². The average molecular weight is 237 g/mol. The summed E-state index contributed by atoms with van der Waals surface area (Å²) < 4.78 is 5.17. The normalized spacial score (nSPS) is 10.4. The van der Waals surface area contributed by atoms with Gasteiger partial charge in [-0.25, -0.2) is 5.48 Å². The van der Waals surface area contributed by atoms with Gasteiger partial charge in [0.05, 0.1) is 20.1 Å². The Morgan fingerprint density at radius 3 is 2.71 bits per heavy atom. The highest BCUT2D eigenvalue weighted by Gasteiger charge is 2.08. The van der Waals surface area contributed by atoms with Crippen LogP contribution in [0.5, 0.6) is 5.75 Å². The Bertz CT molecular complexity index is 363. The van der Waals surface area contributed by atoms with E-state index in [1.165, 1.54) is 0 Å². The van der Waals surface area contributed by atoms with Crippen LogP contribution < -0.4 is 10.2 Å². The van der Waals surface area contributed by atoms with Gasteiger partial charge < -0.3 is 4.74 Å². The van der Waals surface area contributed by atoms with Gasteiger partial charge in [0.2, 0.25) is 5.91 Å². The minimum Gasteiger partial charge on any atom is -0.496 e. The topological polar surface area (TPSA) is 47.6 Å². The van der Waals surface area contributed by atoms with Crippen LogP contribution in [0.4, 0.5) is 0 Å². The number of hydrogen-bond donors (Lipinski definition) is 1. The first-order valence-corrected chi connectivity index (χ1v) is 5.66. The lowest BCUT2D eigenvalue weighted by Crippen LogP contribution is -2.27. The number of ether oxygens (including phenoxy) is 1. The van der Waals surface area contributed by atoms with Gasteiger partial charge in [-0.3, -0.25) is 9.63 Å². The number of para-hydroxylation sites is 1. The van der Waals surface area contributed by atoms with Crippen LogP contribution in [0, 0.1) is 5.92 Å². The lowest BCUT2D eigenvalue weighted by molar-refractivity contribution is -0.133. The van der Waals surface area contributed by atoms with E-state index < -0.39 is 0 Å². The molecule has 0 radical (unpaired) electrons. The fourth-order valence-corrected chi connectivity index (χ4v) is 1.35. The van der Waals surface area contributed by atoms with Crippen molar-refractivity contribution < 1.29 is 14.4 Å². The molecule has 0 aliphatic rings. The molecule has 4 nitrogen and oxygen atoms in total. The Hall–Kier alpha value is -1.55. The lowest BCUT2D eigenvalue weighted by Gasteiger charge is -2.09. The van der Waals surface area contributed by atoms with Crippen molar-refractivity contribution in [1.82, 2.24) is 5.48 Å². The van der Waals surface area contributed by atoms with Gasteiger partial charge in [0.25, 0.3) is 0 Å². The lowest BCUT2D eigenvalue weighted by atomic mass is 10.1. The van der Waals surface area contributed by atoms with Crippen molar-refractivity contribution in [1.29, 1.82) is 0 Å². The van der Waals surface area contributed by atoms with Gasteiger partial charge >= 0.3 is 0 Å². The van der Waals surface area contributed by atoms with Gasteiger partial charge in [-0.05, 0) is 12.0 Å². The Kier molecular flexibility index (Phi) is 5.49. The van der Waals surface area contributed by atoms with Crippen LogP contribution >= 0.6 is 0 Å². The van der Waals surface area contributed by atoms with Gasteiger partial charge in [0.15, 0.2) is 0 Å². The molecule has 0 saturated carbocycles. The fourth-order valence-electron chi connectivity index (χ4n) is 1.35. The summed E-state index contributed by atoms with van der Waals surface area (Å²) in [5, 5.41) is 0. The summed E-state index contributed by atoms with van der Waals surface area (Å²) in [5.74, 6) is 0.934. The van der Waals surface area contributed by atoms with E-state index in [4.69, 9.17) is 9.57 Å². The molecule has 0 atom stereocenters. The minimum absolute atomic E-state index is 0.171. The predicted molar refractivity (Wildman–Crippen MR) is 65.6 cm³/mol. The molecule has 1 aromatic rings. The van der Waals surface area contributed by atoms with Crippen molar-refractivity contribution in [2.75, 3.05) is 13.7 Å². The fraction of sp³-hybridized carbons (Fsp3) is 0.462. The third-order valence-corrected chi connectivity index (χ3v) is 2.15. The summed E-state index contributed by atoms with van der Waals surface area (Å²) in [6.45, 7) is 4.55. The van der Waals surface area contributed by atoms with E-state index in [-0.39, 0.29) is 12.3 Å². The highest BCUT2D eigenvalue weighted by Crippen LogP contribution is 2.17. The van der Waals surface area contributed by atoms with Crippen molar-refractivity contribution in [2.45, 2.75) is 20.3 Å². The molecule has 0 bridgehead atoms. The molecule has 17 heavy (non-hydrogen) atoms. The van der Waals surface area contributed by atoms with Crippen LogP contribution in [-0.2, 0) is 16.1 Å². The molecule has 0 saturated heterocycles. The number of benzene rings is 1. The maximum Gasteiger partial charge on any atom is 0.248 e. The van der Waals surface area contributed by atoms with Crippen molar-refractivity contribution in [3.05, 3.63) is 29.8 Å². The van der Waals surface area contributed by atoms with Crippen LogP contribution in [0.15, 0.2) is 24.3 Å². The van der Waals surface area contributed by atoms with Crippen LogP contribution in [0.25, 0.3) is 0 Å². The summed E-state index contributed by atoms with van der Waals surface area (Å²) in [6, 6.07) is 7.44. The van der Waals surface area contributed by atoms with E-state index in [1.807, 2.05) is 38.1 Å². The van der Waals surface area contributed by atoms with Gasteiger partial charge in [0, 0.05) is 5.56 Å². The van der Waals surface area contributed by atoms with E-state index >= 15 is 0 Å². The van der Waals surface area contributed by atoms with Crippen LogP contribution in [-0.4, -0.2) is 19.6 Å². The predicted octanol–water partition coefficient (Wildman–Crippen LogP) is 1.94. The van der Waals surface area contributed by atoms with E-state index in [0.717, 1.165) is 5.56 Å². The zero-order chi connectivity index (χ0) is 12.7. The Labute approximate surface area is 102 Å². The molecule has 1 N–H and O–H groups in total. The monoisotopic (exact) mass is 237 g/mol. The summed E-state index contributed by atoms with van der Waals surface area (Å²) in [5.41, 5.74) is 3.27. The van der Waals surface area contributed by atoms with E-state index in [2.05, 4.69) is 5.48 Å². The van der Waals surface area contributed by atoms with Crippen molar-refractivity contribution in [3.8, 4) is 5.75 Å². The van der Waals surface area contributed by atoms with Gasteiger partial charge in [-0.2, -0.15) is 0 Å². The number of rotatable bonds is 6. The van der Waals surface area contributed by atoms with Crippen molar-refractivity contribution in [3.63, 3.8) is 0 Å². The SMILES string of the molecule is COc1ccccc1CC(=O)NOCC(C)C. The van der Waals surface area contributed by atoms with Crippen LogP contribution in [0.1, 0.15) is 19.4 Å². The second-order valence-electron chi connectivity index (χ2n) is 4.22. The molecule has 1 aromatic carbocycles. The van der Waals surface area contributed by atoms with Gasteiger partial charge in [0.1, 0.15) is 5.75 Å². The van der Waals surface area contributed by atoms with Crippen molar-refractivity contribution >= 4 is 5.91 Å². The van der Waals surface area contributed by atoms with Crippen LogP contribution in [0.3, 0.4) is 0 Å². The summed E-state index contributed by atoms with van der Waals surface area (Å²) in [4.78, 5) is 16.6. The molecule has 4 heteroatoms. The van der Waals surface area contributed by atoms with Crippen LogP contribution in [0.2, 0.25) is 0 Å². The van der Waals surface area contributed by atoms with Gasteiger partial charge in [-0.15, -0.1) is 0 Å². The molecule has 0 aliphatic heterocycles. The number of hydroxylamine groups is 1. The quantitative estimate of drug-likeness (QED) is 0.769. The first kappa shape index (κ1) is 13.5. The molecule has 0 unspecified atom stereocenters. The number of amides is 1. The van der Waals surface area contributed by atoms with E-state index in [0.29, 0.717) is 18.3 Å². The number of carbonyl (C=O) groups excluding carboxylic acids is 1. The average Bonchev–Trinajstić information content (AvgIpc) is 2.29. The smallest absolute Gasteiger partial charge is 0.248 e. The Balaban J connectivity index is 2.45. The second-order valence-corrected chi connectivity index (χ2v) is 4.22. The molecule has 1 amide bonds. The highest BCUT2D eigenvalue weighted by atomic mass is 16.6. The Morgan fingerprint density at radius 1 is 1.35 bits per heavy atom. The largest absolute Gasteiger partial charge is 0.496 e. The second kappa shape index (κ2) is 6.91. The highest BCUT2D eigenvalue weighted by molar-refractivity contribution is 5.78. The van der Waals surface area contributed by atoms with E-state index in [9.17, 15) is 4.79 Å². The maximum atomic E-state index is 11.6. The zero-order valence-electron chi connectivity index (χ0n) is 10.5. The standard InChI is InChI=1S/C13H19NO3/c1-10(2)9-17-14-13(15)8-11-6-4-5-7-12(11)16-3/h4-7,10H,8-9H2,1-3H3,(H,14,15). The molecule has 0 aliphatic carbocycles. The molecule has 94 valence electrons. The first-order chi connectivity index (χ1) is 8.13. The first-order valence-electron chi connectivity index (χ1n) is 5.66. The Morgan fingerprint density at radius 2 is 2.06 bits per heavy atom. The minimum atomic E-state index is -0.171. The molecule has 0 heterocycles. The number of nitrogens with one attached hydrogen (secondary N) is 1. The molecular weight excluding hydrogens is 218 g/mol. The van der Waals surface area contributed by atoms with E-state index in [1.54, 1.807) is 7.11 Å². The molecule has 0 fully saturated rings. The molecule has 0 aromatic heterocycles. The van der Waals surface area contributed by atoms with Crippen molar-refractivity contribution in [2.24, 2.45) is 5.92 Å². The third kappa shape index (κ3) is 4.87. The summed E-state index contributed by atoms with van der Waals surface area (Å²) >= 11 is 0. The molecule has 1 rings (SSSR count). The third-order valence-electron chi connectivity index (χ3n) is 2.15. The number of carbonyl (C=O) groups is 1. The molecular formula is C13H19NO3. The number of methoxy groups -OCH3 is 1. The molecule has 0 spiro atoms.